The Balaban J connectivity index is 1.67. The first-order valence-corrected chi connectivity index (χ1v) is 7.38. The fraction of sp³-hybridized carbons (Fsp3) is 1.00. The molecule has 15 heavy (non-hydrogen) atoms. The van der Waals surface area contributed by atoms with Crippen LogP contribution in [-0.4, -0.2) is 36.3 Å². The van der Waals surface area contributed by atoms with Gasteiger partial charge in [0.05, 0.1) is 0 Å². The Morgan fingerprint density at radius 2 is 1.93 bits per heavy atom. The lowest BCUT2D eigenvalue weighted by molar-refractivity contribution is 0.0751. The molecule has 1 aliphatic heterocycles. The molecule has 2 atom stereocenters. The minimum Gasteiger partial charge on any atom is -0.381 e. The lowest BCUT2D eigenvalue weighted by Gasteiger charge is -2.26. The Labute approximate surface area is 97.5 Å². The van der Waals surface area contributed by atoms with Gasteiger partial charge in [0, 0.05) is 30.5 Å². The Bertz CT molecular complexity index is 182. The molecular formula is C12H23NOS. The second-order valence-corrected chi connectivity index (χ2v) is 6.22. The third-order valence-corrected chi connectivity index (χ3v) is 4.71. The van der Waals surface area contributed by atoms with Crippen molar-refractivity contribution >= 4 is 11.8 Å². The van der Waals surface area contributed by atoms with E-state index in [2.05, 4.69) is 24.0 Å². The molecule has 0 aromatic rings. The Hall–Kier alpha value is 0.270. The molecule has 0 spiro atoms. The molecule has 2 aliphatic rings. The van der Waals surface area contributed by atoms with E-state index in [0.29, 0.717) is 0 Å². The summed E-state index contributed by atoms with van der Waals surface area (Å²) in [6.45, 7) is 4.18. The summed E-state index contributed by atoms with van der Waals surface area (Å²) in [7, 11) is 0. The molecule has 3 heteroatoms. The standard InChI is InChI=1S/C12H23NOS/c1-2-15-12-4-3-11(9-12)13-10-5-7-14-8-6-10/h10-13H,2-9H2,1H3. The van der Waals surface area contributed by atoms with E-state index in [9.17, 15) is 0 Å². The minimum absolute atomic E-state index is 0.731. The maximum Gasteiger partial charge on any atom is 0.0480 e. The Morgan fingerprint density at radius 3 is 2.67 bits per heavy atom. The van der Waals surface area contributed by atoms with E-state index in [0.717, 1.165) is 30.5 Å². The van der Waals surface area contributed by atoms with Gasteiger partial charge in [-0.15, -0.1) is 0 Å². The molecule has 1 heterocycles. The third kappa shape index (κ3) is 3.65. The molecule has 0 radical (unpaired) electrons. The number of thioether (sulfide) groups is 1. The minimum atomic E-state index is 0.731. The first kappa shape index (κ1) is 11.7. The van der Waals surface area contributed by atoms with Gasteiger partial charge in [0.25, 0.3) is 0 Å². The number of nitrogens with one attached hydrogen (secondary N) is 1. The normalized spacial score (nSPS) is 33.4. The largest absolute Gasteiger partial charge is 0.381 e. The van der Waals surface area contributed by atoms with Crippen molar-refractivity contribution in [3.63, 3.8) is 0 Å². The molecule has 0 amide bonds. The molecule has 1 aliphatic carbocycles. The van der Waals surface area contributed by atoms with Crippen LogP contribution in [0.2, 0.25) is 0 Å². The number of rotatable bonds is 4. The van der Waals surface area contributed by atoms with Gasteiger partial charge < -0.3 is 10.1 Å². The summed E-state index contributed by atoms with van der Waals surface area (Å²) in [5, 5.41) is 4.74. The van der Waals surface area contributed by atoms with Crippen LogP contribution in [0, 0.1) is 0 Å². The van der Waals surface area contributed by atoms with Crippen LogP contribution in [0.4, 0.5) is 0 Å². The van der Waals surface area contributed by atoms with Crippen molar-refractivity contribution in [1.29, 1.82) is 0 Å². The number of ether oxygens (including phenoxy) is 1. The molecule has 0 aromatic carbocycles. The first-order chi connectivity index (χ1) is 7.38. The van der Waals surface area contributed by atoms with E-state index >= 15 is 0 Å². The van der Waals surface area contributed by atoms with Crippen molar-refractivity contribution in [2.24, 2.45) is 0 Å². The van der Waals surface area contributed by atoms with Crippen LogP contribution >= 0.6 is 11.8 Å². The second-order valence-electron chi connectivity index (χ2n) is 4.64. The summed E-state index contributed by atoms with van der Waals surface area (Å²) >= 11 is 2.14. The molecule has 0 aromatic heterocycles. The summed E-state index contributed by atoms with van der Waals surface area (Å²) in [6, 6.07) is 1.52. The lowest BCUT2D eigenvalue weighted by Crippen LogP contribution is -2.40. The van der Waals surface area contributed by atoms with Gasteiger partial charge in [0.1, 0.15) is 0 Å². The Kier molecular flexibility index (Phi) is 4.79. The summed E-state index contributed by atoms with van der Waals surface area (Å²) in [4.78, 5) is 0. The van der Waals surface area contributed by atoms with Gasteiger partial charge in [-0.3, -0.25) is 0 Å². The molecule has 1 N–H and O–H groups in total. The molecule has 2 unspecified atom stereocenters. The molecular weight excluding hydrogens is 206 g/mol. The molecule has 88 valence electrons. The van der Waals surface area contributed by atoms with E-state index in [1.54, 1.807) is 0 Å². The zero-order valence-corrected chi connectivity index (χ0v) is 10.5. The Morgan fingerprint density at radius 1 is 1.13 bits per heavy atom. The van der Waals surface area contributed by atoms with Gasteiger partial charge in [-0.1, -0.05) is 6.92 Å². The maximum absolute atomic E-state index is 5.38. The van der Waals surface area contributed by atoms with Gasteiger partial charge in [-0.25, -0.2) is 0 Å². The number of hydrogen-bond donors (Lipinski definition) is 1. The van der Waals surface area contributed by atoms with E-state index in [-0.39, 0.29) is 0 Å². The highest BCUT2D eigenvalue weighted by molar-refractivity contribution is 7.99. The fourth-order valence-corrected chi connectivity index (χ4v) is 3.82. The van der Waals surface area contributed by atoms with Crippen LogP contribution in [0.3, 0.4) is 0 Å². The molecule has 0 bridgehead atoms. The van der Waals surface area contributed by atoms with Crippen molar-refractivity contribution in [2.75, 3.05) is 19.0 Å². The van der Waals surface area contributed by atoms with Crippen molar-refractivity contribution in [1.82, 2.24) is 5.32 Å². The second kappa shape index (κ2) is 6.12. The van der Waals surface area contributed by atoms with E-state index < -0.39 is 0 Å². The van der Waals surface area contributed by atoms with Gasteiger partial charge in [-0.2, -0.15) is 11.8 Å². The molecule has 2 nitrogen and oxygen atoms in total. The van der Waals surface area contributed by atoms with E-state index in [1.165, 1.54) is 37.9 Å². The highest BCUT2D eigenvalue weighted by Gasteiger charge is 2.26. The topological polar surface area (TPSA) is 21.3 Å². The summed E-state index contributed by atoms with van der Waals surface area (Å²) in [5.41, 5.74) is 0. The van der Waals surface area contributed by atoms with Crippen LogP contribution in [0.25, 0.3) is 0 Å². The average molecular weight is 229 g/mol. The lowest BCUT2D eigenvalue weighted by atomic mass is 10.1. The predicted molar refractivity (Wildman–Crippen MR) is 66.5 cm³/mol. The first-order valence-electron chi connectivity index (χ1n) is 6.34. The van der Waals surface area contributed by atoms with Gasteiger partial charge in [-0.05, 0) is 37.9 Å². The molecule has 2 rings (SSSR count). The van der Waals surface area contributed by atoms with Gasteiger partial charge >= 0.3 is 0 Å². The average Bonchev–Trinajstić information content (AvgIpc) is 2.68. The summed E-state index contributed by atoms with van der Waals surface area (Å²) in [5.74, 6) is 1.27. The monoisotopic (exact) mass is 229 g/mol. The van der Waals surface area contributed by atoms with Crippen LogP contribution < -0.4 is 5.32 Å². The maximum atomic E-state index is 5.38. The van der Waals surface area contributed by atoms with E-state index in [1.807, 2.05) is 0 Å². The zero-order chi connectivity index (χ0) is 10.5. The SMILES string of the molecule is CCSC1CCC(NC2CCOCC2)C1. The van der Waals surface area contributed by atoms with Crippen molar-refractivity contribution < 1.29 is 4.74 Å². The van der Waals surface area contributed by atoms with Crippen LogP contribution in [0.15, 0.2) is 0 Å². The van der Waals surface area contributed by atoms with Crippen molar-refractivity contribution in [3.05, 3.63) is 0 Å². The smallest absolute Gasteiger partial charge is 0.0480 e. The number of hydrogen-bond acceptors (Lipinski definition) is 3. The van der Waals surface area contributed by atoms with Gasteiger partial charge in [0.15, 0.2) is 0 Å². The fourth-order valence-electron chi connectivity index (χ4n) is 2.68. The van der Waals surface area contributed by atoms with Gasteiger partial charge in [0.2, 0.25) is 0 Å². The predicted octanol–water partition coefficient (Wildman–Crippen LogP) is 2.43. The quantitative estimate of drug-likeness (QED) is 0.800. The highest BCUT2D eigenvalue weighted by Crippen LogP contribution is 2.30. The van der Waals surface area contributed by atoms with Crippen LogP contribution in [0.5, 0.6) is 0 Å². The summed E-state index contributed by atoms with van der Waals surface area (Å²) in [6.07, 6.45) is 6.61. The molecule has 2 fully saturated rings. The zero-order valence-electron chi connectivity index (χ0n) is 9.71. The highest BCUT2D eigenvalue weighted by atomic mass is 32.2. The van der Waals surface area contributed by atoms with Crippen molar-refractivity contribution in [3.8, 4) is 0 Å². The van der Waals surface area contributed by atoms with Crippen LogP contribution in [-0.2, 0) is 4.74 Å². The summed E-state index contributed by atoms with van der Waals surface area (Å²) < 4.78 is 5.38. The molecule has 1 saturated carbocycles. The van der Waals surface area contributed by atoms with Crippen LogP contribution in [0.1, 0.15) is 39.0 Å². The third-order valence-electron chi connectivity index (χ3n) is 3.48. The molecule has 1 saturated heterocycles. The van der Waals surface area contributed by atoms with Crippen molar-refractivity contribution in [2.45, 2.75) is 56.4 Å². The van der Waals surface area contributed by atoms with E-state index in [4.69, 9.17) is 4.74 Å².